The van der Waals surface area contributed by atoms with E-state index in [0.717, 1.165) is 34.8 Å². The Morgan fingerprint density at radius 3 is 2.00 bits per heavy atom. The molecule has 3 aromatic carbocycles. The number of alkyl halides is 3. The summed E-state index contributed by atoms with van der Waals surface area (Å²) in [5.41, 5.74) is -4.19. The number of aliphatic hydroxyl groups is 1. The van der Waals surface area contributed by atoms with Crippen molar-refractivity contribution in [2.24, 2.45) is 5.92 Å². The summed E-state index contributed by atoms with van der Waals surface area (Å²) < 4.78 is 93.5. The molecule has 0 saturated carbocycles. The number of nitrogens with zero attached hydrogens (tertiary/aromatic N) is 1. The summed E-state index contributed by atoms with van der Waals surface area (Å²) in [7, 11) is -7.80. The molecule has 6 nitrogen and oxygen atoms in total. The van der Waals surface area contributed by atoms with Crippen LogP contribution < -0.4 is 4.31 Å². The van der Waals surface area contributed by atoms with Crippen LogP contribution in [0.2, 0.25) is 10.0 Å². The van der Waals surface area contributed by atoms with Crippen molar-refractivity contribution in [2.45, 2.75) is 35.4 Å². The van der Waals surface area contributed by atoms with Gasteiger partial charge in [-0.3, -0.25) is 4.31 Å². The monoisotopic (exact) mass is 633 g/mol. The second-order valence-corrected chi connectivity index (χ2v) is 14.0. The summed E-state index contributed by atoms with van der Waals surface area (Å²) >= 11 is 12.1. The highest BCUT2D eigenvalue weighted by Gasteiger charge is 2.54. The molecule has 0 aliphatic heterocycles. The van der Waals surface area contributed by atoms with Crippen LogP contribution in [0.1, 0.15) is 25.0 Å². The number of sulfone groups is 1. The van der Waals surface area contributed by atoms with Crippen LogP contribution in [0, 0.1) is 17.8 Å². The van der Waals surface area contributed by atoms with Gasteiger partial charge in [-0.2, -0.15) is 13.2 Å². The molecule has 0 radical (unpaired) electrons. The van der Waals surface area contributed by atoms with Crippen LogP contribution in [0.5, 0.6) is 0 Å². The lowest BCUT2D eigenvalue weighted by Gasteiger charge is -2.29. The van der Waals surface area contributed by atoms with Gasteiger partial charge in [-0.15, -0.1) is 0 Å². The summed E-state index contributed by atoms with van der Waals surface area (Å²) in [6.07, 6.45) is -4.25. The van der Waals surface area contributed by atoms with Crippen LogP contribution in [0.25, 0.3) is 0 Å². The van der Waals surface area contributed by atoms with E-state index in [1.807, 2.05) is 5.92 Å². The molecule has 0 fully saturated rings. The van der Waals surface area contributed by atoms with Gasteiger partial charge in [-0.1, -0.05) is 55.1 Å². The van der Waals surface area contributed by atoms with Gasteiger partial charge in [0.15, 0.2) is 9.84 Å². The van der Waals surface area contributed by atoms with Crippen LogP contribution in [0.4, 0.5) is 18.9 Å². The third kappa shape index (κ3) is 6.93. The van der Waals surface area contributed by atoms with E-state index in [1.54, 1.807) is 13.8 Å². The number of halogens is 5. The van der Waals surface area contributed by atoms with E-state index in [-0.39, 0.29) is 43.5 Å². The average Bonchev–Trinajstić information content (AvgIpc) is 2.86. The number of rotatable bonds is 7. The zero-order chi connectivity index (χ0) is 30.1. The van der Waals surface area contributed by atoms with Crippen LogP contribution in [-0.4, -0.2) is 40.9 Å². The Hall–Kier alpha value is -2.75. The van der Waals surface area contributed by atoms with Crippen LogP contribution in [0.15, 0.2) is 76.5 Å². The molecule has 0 bridgehead atoms. The molecule has 1 N–H and O–H groups in total. The molecular formula is C27H24Cl2F3NO5S2. The number of hydrogen-bond acceptors (Lipinski definition) is 5. The molecule has 0 aliphatic rings. The number of anilines is 1. The lowest BCUT2D eigenvalue weighted by atomic mass is 9.93. The van der Waals surface area contributed by atoms with Gasteiger partial charge < -0.3 is 5.11 Å². The Morgan fingerprint density at radius 1 is 0.925 bits per heavy atom. The van der Waals surface area contributed by atoms with Crippen molar-refractivity contribution < 1.29 is 35.1 Å². The highest BCUT2D eigenvalue weighted by molar-refractivity contribution is 7.93. The Kier molecular flexibility index (Phi) is 9.23. The van der Waals surface area contributed by atoms with Crippen LogP contribution in [0.3, 0.4) is 0 Å². The van der Waals surface area contributed by atoms with Crippen molar-refractivity contribution in [2.75, 3.05) is 17.1 Å². The zero-order valence-electron chi connectivity index (χ0n) is 21.4. The van der Waals surface area contributed by atoms with Crippen molar-refractivity contribution >= 4 is 48.7 Å². The predicted molar refractivity (Wildman–Crippen MR) is 149 cm³/mol. The van der Waals surface area contributed by atoms with E-state index in [9.17, 15) is 35.1 Å². The second-order valence-electron chi connectivity index (χ2n) is 9.31. The molecule has 3 aromatic rings. The fourth-order valence-corrected chi connectivity index (χ4v) is 6.59. The lowest BCUT2D eigenvalue weighted by Crippen LogP contribution is -2.41. The molecule has 3 rings (SSSR count). The first-order valence-corrected chi connectivity index (χ1v) is 15.7. The van der Waals surface area contributed by atoms with Crippen molar-refractivity contribution in [1.29, 1.82) is 0 Å². The Morgan fingerprint density at radius 2 is 1.50 bits per heavy atom. The first-order valence-electron chi connectivity index (χ1n) is 11.6. The molecule has 0 heterocycles. The summed E-state index contributed by atoms with van der Waals surface area (Å²) in [6.45, 7) is 3.49. The van der Waals surface area contributed by atoms with E-state index < -0.39 is 37.2 Å². The largest absolute Gasteiger partial charge is 0.433 e. The SMILES string of the molecule is CC(C)CN(c1ccc(C(O)(C#Cc2ccc(S(C)(=O)=O)cc2)C(F)(F)F)cc1)S(=O)(=O)c1cc(Cl)ccc1Cl. The first-order chi connectivity index (χ1) is 18.4. The molecule has 40 heavy (non-hydrogen) atoms. The minimum absolute atomic E-state index is 0.0299. The number of benzene rings is 3. The van der Waals surface area contributed by atoms with Gasteiger partial charge >= 0.3 is 6.18 Å². The number of hydrogen-bond donors (Lipinski definition) is 1. The first kappa shape index (κ1) is 31.8. The maximum absolute atomic E-state index is 14.1. The summed E-state index contributed by atoms with van der Waals surface area (Å²) in [5.74, 6) is 3.91. The zero-order valence-corrected chi connectivity index (χ0v) is 24.5. The molecule has 1 unspecified atom stereocenters. The lowest BCUT2D eigenvalue weighted by molar-refractivity contribution is -0.240. The van der Waals surface area contributed by atoms with Gasteiger partial charge in [0.25, 0.3) is 10.0 Å². The topological polar surface area (TPSA) is 91.8 Å². The van der Waals surface area contributed by atoms with Gasteiger partial charge in [0, 0.05) is 29.0 Å². The van der Waals surface area contributed by atoms with E-state index >= 15 is 0 Å². The molecule has 0 aliphatic carbocycles. The Bertz CT molecular complexity index is 1660. The molecule has 0 spiro atoms. The molecule has 214 valence electrons. The molecule has 0 amide bonds. The van der Waals surface area contributed by atoms with Gasteiger partial charge in [-0.25, -0.2) is 16.8 Å². The smallest absolute Gasteiger partial charge is 0.366 e. The molecular weight excluding hydrogens is 610 g/mol. The Balaban J connectivity index is 2.06. The highest BCUT2D eigenvalue weighted by Crippen LogP contribution is 2.40. The van der Waals surface area contributed by atoms with Crippen molar-refractivity contribution in [3.63, 3.8) is 0 Å². The predicted octanol–water partition coefficient (Wildman–Crippen LogP) is 6.05. The van der Waals surface area contributed by atoms with Crippen molar-refractivity contribution in [3.8, 4) is 11.8 Å². The van der Waals surface area contributed by atoms with Crippen molar-refractivity contribution in [1.82, 2.24) is 0 Å². The molecule has 0 aromatic heterocycles. The molecule has 0 saturated heterocycles. The average molecular weight is 635 g/mol. The maximum Gasteiger partial charge on any atom is 0.433 e. The third-order valence-corrected chi connectivity index (χ3v) is 9.28. The summed E-state index contributed by atoms with van der Waals surface area (Å²) in [6, 6.07) is 12.9. The summed E-state index contributed by atoms with van der Waals surface area (Å²) in [4.78, 5) is -0.314. The Labute approximate surface area is 241 Å². The highest BCUT2D eigenvalue weighted by atomic mass is 35.5. The van der Waals surface area contributed by atoms with E-state index in [2.05, 4.69) is 5.92 Å². The normalized spacial score (nSPS) is 13.8. The fourth-order valence-electron chi connectivity index (χ4n) is 3.59. The number of sulfonamides is 1. The van der Waals surface area contributed by atoms with E-state index in [0.29, 0.717) is 0 Å². The third-order valence-electron chi connectivity index (χ3n) is 5.65. The van der Waals surface area contributed by atoms with Crippen molar-refractivity contribution in [3.05, 3.63) is 87.9 Å². The van der Waals surface area contributed by atoms with E-state index in [1.165, 1.54) is 42.5 Å². The summed E-state index contributed by atoms with van der Waals surface area (Å²) in [5, 5.41) is 10.7. The van der Waals surface area contributed by atoms with Gasteiger partial charge in [0.05, 0.1) is 15.6 Å². The molecule has 13 heteroatoms. The minimum Gasteiger partial charge on any atom is -0.366 e. The standard InChI is InChI=1S/C27H24Cl2F3NO5S2/c1-18(2)17-33(40(37,38)25-16-21(28)8-13-24(25)29)22-9-6-20(7-10-22)26(34,27(30,31)32)15-14-19-4-11-23(12-5-19)39(3,35)36/h4-13,16,18,34H,17H2,1-3H3. The molecule has 1 atom stereocenters. The quantitative estimate of drug-likeness (QED) is 0.320. The second kappa shape index (κ2) is 11.6. The van der Waals surface area contributed by atoms with Gasteiger partial charge in [0.2, 0.25) is 5.60 Å². The van der Waals surface area contributed by atoms with Gasteiger partial charge in [-0.05, 0) is 66.4 Å². The maximum atomic E-state index is 14.1. The van der Waals surface area contributed by atoms with Gasteiger partial charge in [0.1, 0.15) is 4.90 Å². The fraction of sp³-hybridized carbons (Fsp3) is 0.259. The van der Waals surface area contributed by atoms with Crippen LogP contribution in [-0.2, 0) is 25.5 Å². The van der Waals surface area contributed by atoms with Crippen LogP contribution >= 0.6 is 23.2 Å². The van der Waals surface area contributed by atoms with E-state index in [4.69, 9.17) is 23.2 Å². The minimum atomic E-state index is -5.23.